The van der Waals surface area contributed by atoms with Crippen LogP contribution in [0.1, 0.15) is 25.8 Å². The van der Waals surface area contributed by atoms with Crippen LogP contribution in [0.4, 0.5) is 5.69 Å². The average molecular weight is 317 g/mol. The summed E-state index contributed by atoms with van der Waals surface area (Å²) in [5.41, 5.74) is 2.52. The maximum Gasteiger partial charge on any atom is 0.0642 e. The number of alkyl halides is 1. The van der Waals surface area contributed by atoms with Crippen LogP contribution in [0.3, 0.4) is 0 Å². The molecule has 1 aliphatic heterocycles. The predicted octanol–water partition coefficient (Wildman–Crippen LogP) is 4.72. The van der Waals surface area contributed by atoms with Crippen molar-refractivity contribution in [3.05, 3.63) is 28.8 Å². The van der Waals surface area contributed by atoms with Crippen LogP contribution in [0, 0.1) is 11.8 Å². The largest absolute Gasteiger partial charge is 0.370 e. The van der Waals surface area contributed by atoms with E-state index in [4.69, 9.17) is 11.6 Å². The lowest BCUT2D eigenvalue weighted by molar-refractivity contribution is 0.422. The lowest BCUT2D eigenvalue weighted by atomic mass is 9.95. The lowest BCUT2D eigenvalue weighted by Crippen LogP contribution is -2.22. The number of halogens is 2. The molecular formula is C14H19BrClN. The van der Waals surface area contributed by atoms with E-state index in [-0.39, 0.29) is 0 Å². The van der Waals surface area contributed by atoms with E-state index in [2.05, 4.69) is 40.7 Å². The fourth-order valence-corrected chi connectivity index (χ4v) is 3.32. The summed E-state index contributed by atoms with van der Waals surface area (Å²) >= 11 is 9.90. The van der Waals surface area contributed by atoms with Crippen molar-refractivity contribution in [3.63, 3.8) is 0 Å². The third-order valence-corrected chi connectivity index (χ3v) is 4.61. The van der Waals surface area contributed by atoms with Crippen LogP contribution in [0.2, 0.25) is 5.02 Å². The van der Waals surface area contributed by atoms with Crippen molar-refractivity contribution < 1.29 is 0 Å². The van der Waals surface area contributed by atoms with Crippen LogP contribution in [0.15, 0.2) is 18.2 Å². The fourth-order valence-electron chi connectivity index (χ4n) is 2.56. The molecular weight excluding hydrogens is 298 g/mol. The lowest BCUT2D eigenvalue weighted by Gasteiger charge is -2.23. The molecule has 1 aromatic carbocycles. The summed E-state index contributed by atoms with van der Waals surface area (Å²) in [6.07, 6.45) is 1.28. The Kier molecular flexibility index (Phi) is 4.37. The Morgan fingerprint density at radius 1 is 1.47 bits per heavy atom. The standard InChI is InChI=1S/C14H19BrClN/c1-10(2)12-6-7-17(9-12)14-11(8-15)4-3-5-13(14)16/h3-5,10,12H,6-9H2,1-2H3. The van der Waals surface area contributed by atoms with E-state index < -0.39 is 0 Å². The second-order valence-electron chi connectivity index (χ2n) is 5.12. The van der Waals surface area contributed by atoms with Gasteiger partial charge in [0.1, 0.15) is 0 Å². The smallest absolute Gasteiger partial charge is 0.0642 e. The summed E-state index contributed by atoms with van der Waals surface area (Å²) in [7, 11) is 0. The van der Waals surface area contributed by atoms with Gasteiger partial charge in [-0.05, 0) is 29.9 Å². The van der Waals surface area contributed by atoms with Gasteiger partial charge in [-0.2, -0.15) is 0 Å². The fraction of sp³-hybridized carbons (Fsp3) is 0.571. The van der Waals surface area contributed by atoms with Crippen molar-refractivity contribution in [2.75, 3.05) is 18.0 Å². The highest BCUT2D eigenvalue weighted by Crippen LogP contribution is 2.36. The van der Waals surface area contributed by atoms with Crippen LogP contribution in [-0.2, 0) is 5.33 Å². The minimum absolute atomic E-state index is 0.759. The zero-order chi connectivity index (χ0) is 12.4. The maximum atomic E-state index is 6.35. The van der Waals surface area contributed by atoms with E-state index in [1.54, 1.807) is 0 Å². The highest BCUT2D eigenvalue weighted by molar-refractivity contribution is 9.08. The molecule has 0 N–H and O–H groups in total. The molecule has 2 rings (SSSR count). The summed E-state index contributed by atoms with van der Waals surface area (Å²) < 4.78 is 0. The molecule has 1 heterocycles. The number of anilines is 1. The van der Waals surface area contributed by atoms with Crippen LogP contribution in [0.5, 0.6) is 0 Å². The first-order valence-electron chi connectivity index (χ1n) is 6.21. The first kappa shape index (κ1) is 13.2. The van der Waals surface area contributed by atoms with E-state index in [0.29, 0.717) is 0 Å². The van der Waals surface area contributed by atoms with Gasteiger partial charge in [0.15, 0.2) is 0 Å². The third-order valence-electron chi connectivity index (χ3n) is 3.70. The van der Waals surface area contributed by atoms with Crippen LogP contribution in [0.25, 0.3) is 0 Å². The molecule has 0 spiro atoms. The maximum absolute atomic E-state index is 6.35. The Hall–Kier alpha value is -0.210. The molecule has 17 heavy (non-hydrogen) atoms. The van der Waals surface area contributed by atoms with E-state index >= 15 is 0 Å². The zero-order valence-corrected chi connectivity index (χ0v) is 12.8. The van der Waals surface area contributed by atoms with Crippen LogP contribution < -0.4 is 4.90 Å². The average Bonchev–Trinajstić information content (AvgIpc) is 2.77. The van der Waals surface area contributed by atoms with Gasteiger partial charge in [0.2, 0.25) is 0 Å². The molecule has 1 saturated heterocycles. The molecule has 0 bridgehead atoms. The van der Waals surface area contributed by atoms with Gasteiger partial charge < -0.3 is 4.90 Å². The quantitative estimate of drug-likeness (QED) is 0.730. The molecule has 1 unspecified atom stereocenters. The number of hydrogen-bond acceptors (Lipinski definition) is 1. The first-order valence-corrected chi connectivity index (χ1v) is 7.71. The Bertz CT molecular complexity index is 392. The molecule has 0 amide bonds. The van der Waals surface area contributed by atoms with Gasteiger partial charge in [0.25, 0.3) is 0 Å². The third kappa shape index (κ3) is 2.79. The van der Waals surface area contributed by atoms with Crippen molar-refractivity contribution in [2.24, 2.45) is 11.8 Å². The van der Waals surface area contributed by atoms with E-state index in [1.807, 2.05) is 12.1 Å². The molecule has 1 atom stereocenters. The number of hydrogen-bond donors (Lipinski definition) is 0. The van der Waals surface area contributed by atoms with Gasteiger partial charge in [-0.1, -0.05) is 53.5 Å². The minimum Gasteiger partial charge on any atom is -0.370 e. The van der Waals surface area contributed by atoms with Crippen molar-refractivity contribution in [3.8, 4) is 0 Å². The molecule has 94 valence electrons. The summed E-state index contributed by atoms with van der Waals surface area (Å²) in [5.74, 6) is 1.56. The topological polar surface area (TPSA) is 3.24 Å². The van der Waals surface area contributed by atoms with E-state index in [9.17, 15) is 0 Å². The van der Waals surface area contributed by atoms with Crippen molar-refractivity contribution in [1.82, 2.24) is 0 Å². The van der Waals surface area contributed by atoms with Gasteiger partial charge in [-0.15, -0.1) is 0 Å². The molecule has 0 aromatic heterocycles. The highest BCUT2D eigenvalue weighted by atomic mass is 79.9. The van der Waals surface area contributed by atoms with Gasteiger partial charge in [-0.3, -0.25) is 0 Å². The Morgan fingerprint density at radius 2 is 2.24 bits per heavy atom. The van der Waals surface area contributed by atoms with Crippen molar-refractivity contribution in [1.29, 1.82) is 0 Å². The predicted molar refractivity (Wildman–Crippen MR) is 79.2 cm³/mol. The van der Waals surface area contributed by atoms with Gasteiger partial charge in [0, 0.05) is 18.4 Å². The summed E-state index contributed by atoms with van der Waals surface area (Å²) in [4.78, 5) is 2.45. The molecule has 3 heteroatoms. The van der Waals surface area contributed by atoms with Gasteiger partial charge in [-0.25, -0.2) is 0 Å². The molecule has 1 aromatic rings. The number of nitrogens with zero attached hydrogens (tertiary/aromatic N) is 1. The Balaban J connectivity index is 2.24. The molecule has 0 saturated carbocycles. The minimum atomic E-state index is 0.759. The van der Waals surface area contributed by atoms with Crippen LogP contribution >= 0.6 is 27.5 Å². The SMILES string of the molecule is CC(C)C1CCN(c2c(Cl)cccc2CBr)C1. The summed E-state index contributed by atoms with van der Waals surface area (Å²) in [6.45, 7) is 6.90. The summed E-state index contributed by atoms with van der Waals surface area (Å²) in [5, 5.41) is 1.75. The molecule has 0 radical (unpaired) electrons. The summed E-state index contributed by atoms with van der Waals surface area (Å²) in [6, 6.07) is 6.17. The molecule has 1 fully saturated rings. The second-order valence-corrected chi connectivity index (χ2v) is 6.09. The van der Waals surface area contributed by atoms with E-state index in [0.717, 1.165) is 35.3 Å². The number of benzene rings is 1. The number of rotatable bonds is 3. The van der Waals surface area contributed by atoms with Crippen LogP contribution in [-0.4, -0.2) is 13.1 Å². The number of para-hydroxylation sites is 1. The second kappa shape index (κ2) is 5.62. The highest BCUT2D eigenvalue weighted by Gasteiger charge is 2.27. The molecule has 1 aliphatic rings. The zero-order valence-electron chi connectivity index (χ0n) is 10.4. The Morgan fingerprint density at radius 3 is 2.82 bits per heavy atom. The molecule has 1 nitrogen and oxygen atoms in total. The normalized spacial score (nSPS) is 20.3. The van der Waals surface area contributed by atoms with Crippen molar-refractivity contribution in [2.45, 2.75) is 25.6 Å². The van der Waals surface area contributed by atoms with Crippen molar-refractivity contribution >= 4 is 33.2 Å². The first-order chi connectivity index (χ1) is 8.13. The molecule has 0 aliphatic carbocycles. The monoisotopic (exact) mass is 315 g/mol. The van der Waals surface area contributed by atoms with Gasteiger partial charge >= 0.3 is 0 Å². The Labute approximate surface area is 117 Å². The van der Waals surface area contributed by atoms with Gasteiger partial charge in [0.05, 0.1) is 10.7 Å². The van der Waals surface area contributed by atoms with E-state index in [1.165, 1.54) is 17.7 Å².